The molecule has 4 heteroatoms. The monoisotopic (exact) mass is 333 g/mol. The smallest absolute Gasteiger partial charge is 0.137 e. The maximum atomic E-state index is 4.71. The van der Waals surface area contributed by atoms with E-state index in [2.05, 4.69) is 77.8 Å². The molecular formula is C16H20BrN3. The number of rotatable bonds is 4. The van der Waals surface area contributed by atoms with Crippen molar-refractivity contribution < 1.29 is 0 Å². The summed E-state index contributed by atoms with van der Waals surface area (Å²) in [6.07, 6.45) is 0. The number of halogens is 1. The zero-order valence-corrected chi connectivity index (χ0v) is 14.0. The van der Waals surface area contributed by atoms with Gasteiger partial charge in [-0.05, 0) is 41.4 Å². The Morgan fingerprint density at radius 2 is 1.90 bits per heavy atom. The predicted octanol–water partition coefficient (Wildman–Crippen LogP) is 4.83. The second-order valence-electron chi connectivity index (χ2n) is 5.09. The fourth-order valence-electron chi connectivity index (χ4n) is 2.14. The summed E-state index contributed by atoms with van der Waals surface area (Å²) in [6, 6.07) is 10.3. The van der Waals surface area contributed by atoms with Gasteiger partial charge >= 0.3 is 0 Å². The van der Waals surface area contributed by atoms with Crippen LogP contribution in [0.2, 0.25) is 0 Å². The van der Waals surface area contributed by atoms with E-state index in [1.807, 2.05) is 6.07 Å². The Kier molecular flexibility index (Phi) is 4.76. The normalized spacial score (nSPS) is 10.9. The summed E-state index contributed by atoms with van der Waals surface area (Å²) < 4.78 is 0.832. The standard InChI is InChI=1S/C16H20BrN3/c1-5-20(13-9-7-6-8-12(13)4)15-10-14(17)18-16(19-15)11(2)3/h6-11H,5H2,1-4H3. The number of aromatic nitrogens is 2. The first-order valence-electron chi connectivity index (χ1n) is 6.90. The molecule has 2 rings (SSSR count). The van der Waals surface area contributed by atoms with Gasteiger partial charge in [-0.15, -0.1) is 0 Å². The third-order valence-electron chi connectivity index (χ3n) is 3.21. The van der Waals surface area contributed by atoms with Crippen molar-refractivity contribution in [2.45, 2.75) is 33.6 Å². The Hall–Kier alpha value is -1.42. The molecule has 0 atom stereocenters. The van der Waals surface area contributed by atoms with Gasteiger partial charge in [0.2, 0.25) is 0 Å². The minimum absolute atomic E-state index is 0.307. The Labute approximate surface area is 129 Å². The van der Waals surface area contributed by atoms with Gasteiger partial charge in [-0.2, -0.15) is 0 Å². The third-order valence-corrected chi connectivity index (χ3v) is 3.62. The van der Waals surface area contributed by atoms with Crippen molar-refractivity contribution in [1.29, 1.82) is 0 Å². The molecule has 0 radical (unpaired) electrons. The number of aryl methyl sites for hydroxylation is 1. The van der Waals surface area contributed by atoms with Crippen molar-refractivity contribution >= 4 is 27.4 Å². The lowest BCUT2D eigenvalue weighted by atomic mass is 10.1. The van der Waals surface area contributed by atoms with Crippen LogP contribution < -0.4 is 4.90 Å². The molecule has 0 fully saturated rings. The summed E-state index contributed by atoms with van der Waals surface area (Å²) >= 11 is 3.49. The molecule has 2 aromatic rings. The van der Waals surface area contributed by atoms with Gasteiger partial charge in [0.05, 0.1) is 0 Å². The minimum atomic E-state index is 0.307. The molecule has 3 nitrogen and oxygen atoms in total. The largest absolute Gasteiger partial charge is 0.326 e. The SMILES string of the molecule is CCN(c1cc(Br)nc(C(C)C)n1)c1ccccc1C. The zero-order valence-electron chi connectivity index (χ0n) is 12.4. The predicted molar refractivity (Wildman–Crippen MR) is 87.7 cm³/mol. The van der Waals surface area contributed by atoms with E-state index in [1.54, 1.807) is 0 Å². The molecule has 0 aliphatic rings. The van der Waals surface area contributed by atoms with Gasteiger partial charge in [-0.3, -0.25) is 0 Å². The van der Waals surface area contributed by atoms with Crippen LogP contribution in [0.5, 0.6) is 0 Å². The summed E-state index contributed by atoms with van der Waals surface area (Å²) in [5.41, 5.74) is 2.44. The first-order chi connectivity index (χ1) is 9.52. The Morgan fingerprint density at radius 3 is 2.50 bits per heavy atom. The van der Waals surface area contributed by atoms with Gasteiger partial charge in [-0.25, -0.2) is 9.97 Å². The fraction of sp³-hybridized carbons (Fsp3) is 0.375. The maximum Gasteiger partial charge on any atom is 0.137 e. The topological polar surface area (TPSA) is 29.0 Å². The number of anilines is 2. The van der Waals surface area contributed by atoms with Gasteiger partial charge in [0.15, 0.2) is 0 Å². The van der Waals surface area contributed by atoms with E-state index in [9.17, 15) is 0 Å². The van der Waals surface area contributed by atoms with Crippen LogP contribution in [0.1, 0.15) is 38.1 Å². The number of hydrogen-bond donors (Lipinski definition) is 0. The highest BCUT2D eigenvalue weighted by Gasteiger charge is 2.14. The van der Waals surface area contributed by atoms with E-state index < -0.39 is 0 Å². The highest BCUT2D eigenvalue weighted by Crippen LogP contribution is 2.28. The molecule has 1 heterocycles. The van der Waals surface area contributed by atoms with Gasteiger partial charge in [0.1, 0.15) is 16.2 Å². The summed E-state index contributed by atoms with van der Waals surface area (Å²) in [7, 11) is 0. The van der Waals surface area contributed by atoms with Crippen molar-refractivity contribution in [2.24, 2.45) is 0 Å². The van der Waals surface area contributed by atoms with E-state index in [0.29, 0.717) is 5.92 Å². The van der Waals surface area contributed by atoms with Crippen LogP contribution in [-0.2, 0) is 0 Å². The van der Waals surface area contributed by atoms with Gasteiger partial charge in [-0.1, -0.05) is 32.0 Å². The third kappa shape index (κ3) is 3.18. The van der Waals surface area contributed by atoms with Crippen molar-refractivity contribution in [3.8, 4) is 0 Å². The molecule has 20 heavy (non-hydrogen) atoms. The first kappa shape index (κ1) is 15.0. The molecule has 0 N–H and O–H groups in total. The molecular weight excluding hydrogens is 314 g/mol. The quantitative estimate of drug-likeness (QED) is 0.750. The minimum Gasteiger partial charge on any atom is -0.326 e. The second kappa shape index (κ2) is 6.35. The molecule has 0 saturated carbocycles. The van der Waals surface area contributed by atoms with Crippen LogP contribution in [0, 0.1) is 6.92 Å². The molecule has 0 unspecified atom stereocenters. The van der Waals surface area contributed by atoms with E-state index >= 15 is 0 Å². The molecule has 0 aliphatic carbocycles. The number of hydrogen-bond acceptors (Lipinski definition) is 3. The van der Waals surface area contributed by atoms with Crippen molar-refractivity contribution in [3.63, 3.8) is 0 Å². The lowest BCUT2D eigenvalue weighted by molar-refractivity contribution is 0.764. The molecule has 0 amide bonds. The zero-order chi connectivity index (χ0) is 14.7. The molecule has 106 valence electrons. The van der Waals surface area contributed by atoms with E-state index in [-0.39, 0.29) is 0 Å². The van der Waals surface area contributed by atoms with Crippen LogP contribution in [0.4, 0.5) is 11.5 Å². The summed E-state index contributed by atoms with van der Waals surface area (Å²) in [4.78, 5) is 11.4. The highest BCUT2D eigenvalue weighted by atomic mass is 79.9. The lowest BCUT2D eigenvalue weighted by Gasteiger charge is -2.24. The second-order valence-corrected chi connectivity index (χ2v) is 5.90. The number of para-hydroxylation sites is 1. The van der Waals surface area contributed by atoms with Crippen LogP contribution in [0.15, 0.2) is 34.9 Å². The van der Waals surface area contributed by atoms with Crippen molar-refractivity contribution in [1.82, 2.24) is 9.97 Å². The van der Waals surface area contributed by atoms with Crippen LogP contribution >= 0.6 is 15.9 Å². The lowest BCUT2D eigenvalue weighted by Crippen LogP contribution is -2.19. The molecule has 0 bridgehead atoms. The fourth-order valence-corrected chi connectivity index (χ4v) is 2.53. The van der Waals surface area contributed by atoms with Crippen molar-refractivity contribution in [2.75, 3.05) is 11.4 Å². The van der Waals surface area contributed by atoms with Gasteiger partial charge in [0.25, 0.3) is 0 Å². The summed E-state index contributed by atoms with van der Waals surface area (Å²) in [6.45, 7) is 9.34. The number of nitrogens with zero attached hydrogens (tertiary/aromatic N) is 3. The highest BCUT2D eigenvalue weighted by molar-refractivity contribution is 9.10. The van der Waals surface area contributed by atoms with E-state index in [4.69, 9.17) is 4.98 Å². The number of benzene rings is 1. The molecule has 0 saturated heterocycles. The van der Waals surface area contributed by atoms with Crippen LogP contribution in [-0.4, -0.2) is 16.5 Å². The Morgan fingerprint density at radius 1 is 1.20 bits per heavy atom. The maximum absolute atomic E-state index is 4.71. The molecule has 1 aromatic heterocycles. The van der Waals surface area contributed by atoms with Gasteiger partial charge < -0.3 is 4.90 Å². The average molecular weight is 334 g/mol. The summed E-state index contributed by atoms with van der Waals surface area (Å²) in [5.74, 6) is 2.11. The van der Waals surface area contributed by atoms with Crippen LogP contribution in [0.25, 0.3) is 0 Å². The molecule has 0 spiro atoms. The Bertz CT molecular complexity index is 596. The summed E-state index contributed by atoms with van der Waals surface area (Å²) in [5, 5.41) is 0. The average Bonchev–Trinajstić information content (AvgIpc) is 2.41. The first-order valence-corrected chi connectivity index (χ1v) is 7.70. The molecule has 0 aliphatic heterocycles. The Balaban J connectivity index is 2.50. The van der Waals surface area contributed by atoms with E-state index in [0.717, 1.165) is 22.8 Å². The van der Waals surface area contributed by atoms with Crippen molar-refractivity contribution in [3.05, 3.63) is 46.3 Å². The van der Waals surface area contributed by atoms with E-state index in [1.165, 1.54) is 11.3 Å². The van der Waals surface area contributed by atoms with Gasteiger partial charge in [0, 0.05) is 24.2 Å². The van der Waals surface area contributed by atoms with Crippen LogP contribution in [0.3, 0.4) is 0 Å². The molecule has 1 aromatic carbocycles.